The first-order chi connectivity index (χ1) is 5.74. The fourth-order valence-electron chi connectivity index (χ4n) is 0.806. The van der Waals surface area contributed by atoms with Gasteiger partial charge in [-0.15, -0.1) is 0 Å². The van der Waals surface area contributed by atoms with Crippen molar-refractivity contribution < 1.29 is 4.39 Å². The van der Waals surface area contributed by atoms with Crippen molar-refractivity contribution in [2.45, 2.75) is 0 Å². The number of nitrogens with one attached hydrogen (secondary N) is 1. The van der Waals surface area contributed by atoms with Gasteiger partial charge in [0.05, 0.1) is 5.02 Å². The molecule has 1 nitrogen and oxygen atoms in total. The minimum atomic E-state index is -0.395. The summed E-state index contributed by atoms with van der Waals surface area (Å²) in [5.41, 5.74) is 0.815. The molecule has 1 aromatic rings. The molecule has 0 fully saturated rings. The van der Waals surface area contributed by atoms with Crippen LogP contribution in [0.25, 0.3) is 0 Å². The van der Waals surface area contributed by atoms with Gasteiger partial charge in [-0.2, -0.15) is 12.6 Å². The molecule has 0 saturated carbocycles. The van der Waals surface area contributed by atoms with E-state index in [1.54, 1.807) is 12.1 Å². The highest BCUT2D eigenvalue weighted by molar-refractivity contribution is 7.80. The third kappa shape index (κ3) is 2.57. The first-order valence-electron chi connectivity index (χ1n) is 3.54. The minimum Gasteiger partial charge on any atom is -0.384 e. The van der Waals surface area contributed by atoms with Crippen LogP contribution in [0.4, 0.5) is 10.1 Å². The van der Waals surface area contributed by atoms with Gasteiger partial charge in [0.25, 0.3) is 0 Å². The number of rotatable bonds is 3. The molecule has 1 rings (SSSR count). The van der Waals surface area contributed by atoms with E-state index in [4.69, 9.17) is 11.6 Å². The van der Waals surface area contributed by atoms with Gasteiger partial charge in [-0.1, -0.05) is 11.6 Å². The molecule has 0 bridgehead atoms. The standard InChI is InChI=1S/C8H9ClFNS/c9-7-5-6(11-3-4-12)1-2-8(7)10/h1-2,5,11-12H,3-4H2. The van der Waals surface area contributed by atoms with Gasteiger partial charge >= 0.3 is 0 Å². The quantitative estimate of drug-likeness (QED) is 0.724. The zero-order valence-corrected chi connectivity index (χ0v) is 8.00. The van der Waals surface area contributed by atoms with Crippen molar-refractivity contribution >= 4 is 29.9 Å². The Balaban J connectivity index is 2.69. The second-order valence-electron chi connectivity index (χ2n) is 2.28. The molecule has 66 valence electrons. The van der Waals surface area contributed by atoms with Crippen LogP contribution in [0.2, 0.25) is 5.02 Å². The van der Waals surface area contributed by atoms with Crippen molar-refractivity contribution in [3.8, 4) is 0 Å². The smallest absolute Gasteiger partial charge is 0.141 e. The van der Waals surface area contributed by atoms with Crippen molar-refractivity contribution in [3.05, 3.63) is 29.0 Å². The van der Waals surface area contributed by atoms with Crippen LogP contribution in [-0.4, -0.2) is 12.3 Å². The van der Waals surface area contributed by atoms with E-state index in [1.807, 2.05) is 0 Å². The average Bonchev–Trinajstić information content (AvgIpc) is 2.07. The van der Waals surface area contributed by atoms with Crippen LogP contribution in [0, 0.1) is 5.82 Å². The molecule has 0 heterocycles. The molecule has 0 spiro atoms. The van der Waals surface area contributed by atoms with Crippen LogP contribution in [0.3, 0.4) is 0 Å². The highest BCUT2D eigenvalue weighted by atomic mass is 35.5. The molecule has 12 heavy (non-hydrogen) atoms. The molecule has 1 N–H and O–H groups in total. The first kappa shape index (κ1) is 9.68. The Bertz CT molecular complexity index is 267. The summed E-state index contributed by atoms with van der Waals surface area (Å²) in [4.78, 5) is 0. The van der Waals surface area contributed by atoms with E-state index >= 15 is 0 Å². The minimum absolute atomic E-state index is 0.138. The summed E-state index contributed by atoms with van der Waals surface area (Å²) >= 11 is 9.59. The highest BCUT2D eigenvalue weighted by Gasteiger charge is 1.98. The normalized spacial score (nSPS) is 9.92. The Morgan fingerprint density at radius 1 is 1.50 bits per heavy atom. The van der Waals surface area contributed by atoms with Crippen molar-refractivity contribution in [3.63, 3.8) is 0 Å². The third-order valence-electron chi connectivity index (χ3n) is 1.36. The Hall–Kier alpha value is -0.410. The maximum absolute atomic E-state index is 12.6. The second kappa shape index (κ2) is 4.58. The van der Waals surface area contributed by atoms with Crippen LogP contribution >= 0.6 is 24.2 Å². The summed E-state index contributed by atoms with van der Waals surface area (Å²) in [5.74, 6) is 0.336. The monoisotopic (exact) mass is 205 g/mol. The molecule has 0 aliphatic heterocycles. The summed E-state index contributed by atoms with van der Waals surface area (Å²) in [6, 6.07) is 4.54. The number of halogens is 2. The molecule has 0 atom stereocenters. The second-order valence-corrected chi connectivity index (χ2v) is 3.13. The lowest BCUT2D eigenvalue weighted by Gasteiger charge is -2.04. The van der Waals surface area contributed by atoms with Gasteiger partial charge in [0.1, 0.15) is 5.82 Å². The highest BCUT2D eigenvalue weighted by Crippen LogP contribution is 2.18. The van der Waals surface area contributed by atoms with E-state index in [-0.39, 0.29) is 5.02 Å². The lowest BCUT2D eigenvalue weighted by Crippen LogP contribution is -2.02. The summed E-state index contributed by atoms with van der Waals surface area (Å²) in [6.07, 6.45) is 0. The predicted molar refractivity (Wildman–Crippen MR) is 53.8 cm³/mol. The van der Waals surface area contributed by atoms with Gasteiger partial charge < -0.3 is 5.32 Å². The molecule has 0 unspecified atom stereocenters. The Morgan fingerprint density at radius 3 is 2.83 bits per heavy atom. The van der Waals surface area contributed by atoms with Crippen LogP contribution < -0.4 is 5.32 Å². The van der Waals surface area contributed by atoms with E-state index in [0.29, 0.717) is 0 Å². The van der Waals surface area contributed by atoms with Gasteiger partial charge in [0.2, 0.25) is 0 Å². The maximum atomic E-state index is 12.6. The summed E-state index contributed by atoms with van der Waals surface area (Å²) < 4.78 is 12.6. The van der Waals surface area contributed by atoms with Gasteiger partial charge in [0, 0.05) is 18.0 Å². The van der Waals surface area contributed by atoms with Crippen molar-refractivity contribution in [1.82, 2.24) is 0 Å². The molecule has 1 aromatic carbocycles. The van der Waals surface area contributed by atoms with Crippen molar-refractivity contribution in [1.29, 1.82) is 0 Å². The lowest BCUT2D eigenvalue weighted by atomic mass is 10.3. The molecule has 0 aromatic heterocycles. The largest absolute Gasteiger partial charge is 0.384 e. The Kier molecular flexibility index (Phi) is 3.69. The van der Waals surface area contributed by atoms with Crippen LogP contribution in [0.15, 0.2) is 18.2 Å². The molecular formula is C8H9ClFNS. The summed E-state index contributed by atoms with van der Waals surface area (Å²) in [6.45, 7) is 0.741. The van der Waals surface area contributed by atoms with Gasteiger partial charge in [-0.05, 0) is 18.2 Å². The molecule has 0 amide bonds. The molecule has 0 radical (unpaired) electrons. The fourth-order valence-corrected chi connectivity index (χ4v) is 1.10. The maximum Gasteiger partial charge on any atom is 0.141 e. The van der Waals surface area contributed by atoms with Crippen molar-refractivity contribution in [2.24, 2.45) is 0 Å². The molecular weight excluding hydrogens is 197 g/mol. The fraction of sp³-hybridized carbons (Fsp3) is 0.250. The topological polar surface area (TPSA) is 12.0 Å². The number of hydrogen-bond acceptors (Lipinski definition) is 2. The molecule has 0 saturated heterocycles. The van der Waals surface area contributed by atoms with E-state index in [9.17, 15) is 4.39 Å². The Labute approximate surface area is 81.3 Å². The number of anilines is 1. The third-order valence-corrected chi connectivity index (χ3v) is 1.87. The lowest BCUT2D eigenvalue weighted by molar-refractivity contribution is 0.628. The number of hydrogen-bond donors (Lipinski definition) is 2. The van der Waals surface area contributed by atoms with E-state index in [1.165, 1.54) is 6.07 Å². The van der Waals surface area contributed by atoms with Crippen LogP contribution in [-0.2, 0) is 0 Å². The molecule has 0 aliphatic carbocycles. The molecule has 0 aliphatic rings. The van der Waals surface area contributed by atoms with E-state index < -0.39 is 5.82 Å². The first-order valence-corrected chi connectivity index (χ1v) is 4.55. The predicted octanol–water partition coefficient (Wildman–Crippen LogP) is 2.82. The van der Waals surface area contributed by atoms with Crippen LogP contribution in [0.1, 0.15) is 0 Å². The zero-order chi connectivity index (χ0) is 8.97. The zero-order valence-electron chi connectivity index (χ0n) is 6.35. The van der Waals surface area contributed by atoms with Gasteiger partial charge in [-0.3, -0.25) is 0 Å². The molecule has 4 heteroatoms. The van der Waals surface area contributed by atoms with E-state index in [0.717, 1.165) is 18.0 Å². The summed E-state index contributed by atoms with van der Waals surface area (Å²) in [7, 11) is 0. The van der Waals surface area contributed by atoms with Crippen molar-refractivity contribution in [2.75, 3.05) is 17.6 Å². The average molecular weight is 206 g/mol. The van der Waals surface area contributed by atoms with Gasteiger partial charge in [-0.25, -0.2) is 4.39 Å². The number of thiol groups is 1. The Morgan fingerprint density at radius 2 is 2.25 bits per heavy atom. The summed E-state index contributed by atoms with van der Waals surface area (Å²) in [5, 5.41) is 3.17. The van der Waals surface area contributed by atoms with Gasteiger partial charge in [0.15, 0.2) is 0 Å². The van der Waals surface area contributed by atoms with Crippen LogP contribution in [0.5, 0.6) is 0 Å². The SMILES string of the molecule is Fc1ccc(NCCS)cc1Cl. The number of benzene rings is 1. The van der Waals surface area contributed by atoms with E-state index in [2.05, 4.69) is 17.9 Å².